The van der Waals surface area contributed by atoms with Crippen LogP contribution in [-0.4, -0.2) is 101 Å². The zero-order chi connectivity index (χ0) is 30.0. The van der Waals surface area contributed by atoms with Crippen molar-refractivity contribution in [3.63, 3.8) is 0 Å². The van der Waals surface area contributed by atoms with Crippen molar-refractivity contribution in [2.75, 3.05) is 0 Å². The summed E-state index contributed by atoms with van der Waals surface area (Å²) in [6.07, 6.45) is -1.52. The predicted molar refractivity (Wildman–Crippen MR) is 134 cm³/mol. The molecule has 5 rings (SSSR count). The third-order valence-corrected chi connectivity index (χ3v) is 8.51. The summed E-state index contributed by atoms with van der Waals surface area (Å²) in [6, 6.07) is -3.28. The van der Waals surface area contributed by atoms with Crippen molar-refractivity contribution >= 4 is 53.0 Å². The molecule has 4 unspecified atom stereocenters. The van der Waals surface area contributed by atoms with Crippen LogP contribution in [0.1, 0.15) is 44.9 Å². The van der Waals surface area contributed by atoms with Gasteiger partial charge in [-0.1, -0.05) is 0 Å². The molecule has 5 aliphatic heterocycles. The first kappa shape index (κ1) is 27.8. The number of carbonyl (C=O) groups is 6. The first-order chi connectivity index (χ1) is 19.3. The van der Waals surface area contributed by atoms with Crippen molar-refractivity contribution in [1.29, 1.82) is 0 Å². The number of nitrogens with one attached hydrogen (secondary N) is 1. The van der Waals surface area contributed by atoms with Crippen LogP contribution in [0.4, 0.5) is 0 Å². The molecule has 1 saturated heterocycles. The van der Waals surface area contributed by atoms with Gasteiger partial charge in [-0.25, -0.2) is 9.59 Å². The lowest BCUT2D eigenvalue weighted by Crippen LogP contribution is -2.69. The van der Waals surface area contributed by atoms with Crippen LogP contribution < -0.4 is 5.32 Å². The molecule has 0 amide bonds. The maximum atomic E-state index is 13.0. The minimum absolute atomic E-state index is 0.0295. The monoisotopic (exact) mass is 572 g/mol. The van der Waals surface area contributed by atoms with E-state index in [2.05, 4.69) is 20.3 Å². The Bertz CT molecular complexity index is 1490. The number of aliphatic imine (C=N–C) groups is 3. The zero-order valence-electron chi connectivity index (χ0n) is 21.2. The molecule has 16 heteroatoms. The molecule has 4 atom stereocenters. The van der Waals surface area contributed by atoms with Gasteiger partial charge in [0.05, 0.1) is 28.7 Å². The molecule has 0 aromatic heterocycles. The molecule has 41 heavy (non-hydrogen) atoms. The van der Waals surface area contributed by atoms with E-state index in [4.69, 9.17) is 0 Å². The highest BCUT2D eigenvalue weighted by atomic mass is 16.4. The summed E-state index contributed by atoms with van der Waals surface area (Å²) >= 11 is 0. The molecule has 216 valence electrons. The molecular formula is C25H24N4O12. The lowest BCUT2D eigenvalue weighted by atomic mass is 9.65. The van der Waals surface area contributed by atoms with E-state index < -0.39 is 76.8 Å². The van der Waals surface area contributed by atoms with Crippen molar-refractivity contribution in [3.8, 4) is 0 Å². The fourth-order valence-corrected chi connectivity index (χ4v) is 6.78. The van der Waals surface area contributed by atoms with Gasteiger partial charge in [-0.05, 0) is 44.9 Å². The van der Waals surface area contributed by atoms with Gasteiger partial charge in [-0.15, -0.1) is 0 Å². The first-order valence-electron chi connectivity index (χ1n) is 12.6. The van der Waals surface area contributed by atoms with E-state index in [1.54, 1.807) is 0 Å². The first-order valence-corrected chi connectivity index (χ1v) is 12.6. The number of hydrogen-bond acceptors (Lipinski definition) is 10. The molecule has 8 bridgehead atoms. The van der Waals surface area contributed by atoms with Crippen LogP contribution in [0.3, 0.4) is 0 Å². The Hall–Kier alpha value is -4.73. The molecule has 1 fully saturated rings. The van der Waals surface area contributed by atoms with Gasteiger partial charge in [-0.2, -0.15) is 0 Å². The van der Waals surface area contributed by atoms with Gasteiger partial charge in [-0.3, -0.25) is 39.5 Å². The molecule has 0 radical (unpaired) electrons. The minimum Gasteiger partial charge on any atom is -0.480 e. The quantitative estimate of drug-likeness (QED) is 0.203. The summed E-state index contributed by atoms with van der Waals surface area (Å²) in [6.45, 7) is 0. The van der Waals surface area contributed by atoms with Gasteiger partial charge in [0.15, 0.2) is 11.0 Å². The van der Waals surface area contributed by atoms with E-state index in [9.17, 15) is 59.4 Å². The Balaban J connectivity index is 1.87. The maximum Gasteiger partial charge on any atom is 0.339 e. The van der Waals surface area contributed by atoms with Crippen LogP contribution in [0.2, 0.25) is 0 Å². The Kier molecular flexibility index (Phi) is 6.40. The summed E-state index contributed by atoms with van der Waals surface area (Å²) in [5, 5.41) is 63.7. The number of nitrogens with zero attached hydrogens (tertiary/aromatic N) is 3. The largest absolute Gasteiger partial charge is 0.480 e. The van der Waals surface area contributed by atoms with Gasteiger partial charge < -0.3 is 30.6 Å². The van der Waals surface area contributed by atoms with Crippen LogP contribution in [0.15, 0.2) is 37.5 Å². The number of allylic oxidation sites excluding steroid dienone is 2. The number of hydrogen-bond donors (Lipinski definition) is 7. The maximum absolute atomic E-state index is 13.0. The highest BCUT2D eigenvalue weighted by Crippen LogP contribution is 2.51. The van der Waals surface area contributed by atoms with E-state index in [1.807, 2.05) is 0 Å². The van der Waals surface area contributed by atoms with E-state index >= 15 is 0 Å². The summed E-state index contributed by atoms with van der Waals surface area (Å²) in [7, 11) is 0. The van der Waals surface area contributed by atoms with Crippen molar-refractivity contribution in [1.82, 2.24) is 5.32 Å². The fraction of sp³-hybridized carbons (Fsp3) is 0.480. The topological polar surface area (TPSA) is 273 Å². The number of aliphatic carboxylic acids is 6. The summed E-state index contributed by atoms with van der Waals surface area (Å²) in [5.41, 5.74) is -7.14. The van der Waals surface area contributed by atoms with Gasteiger partial charge in [0.2, 0.25) is 0 Å². The summed E-state index contributed by atoms with van der Waals surface area (Å²) in [4.78, 5) is 88.4. The summed E-state index contributed by atoms with van der Waals surface area (Å²) in [5.74, 6) is -12.0. The Morgan fingerprint density at radius 2 is 1.39 bits per heavy atom. The summed E-state index contributed by atoms with van der Waals surface area (Å²) < 4.78 is 0. The molecular weight excluding hydrogens is 548 g/mol. The second-order valence-corrected chi connectivity index (χ2v) is 10.4. The van der Waals surface area contributed by atoms with E-state index in [0.29, 0.717) is 0 Å². The van der Waals surface area contributed by atoms with Crippen LogP contribution in [0.25, 0.3) is 0 Å². The Morgan fingerprint density at radius 1 is 0.732 bits per heavy atom. The zero-order valence-corrected chi connectivity index (χ0v) is 21.2. The molecule has 5 heterocycles. The van der Waals surface area contributed by atoms with Gasteiger partial charge in [0, 0.05) is 17.5 Å². The van der Waals surface area contributed by atoms with E-state index in [-0.39, 0.29) is 72.6 Å². The third kappa shape index (κ3) is 3.81. The highest BCUT2D eigenvalue weighted by molar-refractivity contribution is 6.24. The van der Waals surface area contributed by atoms with Crippen LogP contribution >= 0.6 is 0 Å². The number of carboxylic acids is 6. The van der Waals surface area contributed by atoms with Crippen LogP contribution in [0, 0.1) is 11.3 Å². The molecule has 0 aliphatic carbocycles. The number of fused-ring (bicyclic) bond motifs is 6. The molecule has 0 aromatic carbocycles. The van der Waals surface area contributed by atoms with E-state index in [1.165, 1.54) is 0 Å². The van der Waals surface area contributed by atoms with Gasteiger partial charge in [0.1, 0.15) is 11.5 Å². The SMILES string of the molecule is O=C(O)C1=C2CCC(=N2)C(C(=O)O)C2=NC(CC2)C2(C(=O)O)NC(CC2(C(=O)O)C(=O)O)C(C(=O)O)=C2CCC1=N2. The smallest absolute Gasteiger partial charge is 0.339 e. The lowest BCUT2D eigenvalue weighted by molar-refractivity contribution is -0.178. The van der Waals surface area contributed by atoms with E-state index in [0.717, 1.165) is 0 Å². The van der Waals surface area contributed by atoms with Crippen molar-refractivity contribution in [3.05, 3.63) is 22.5 Å². The molecule has 0 aromatic rings. The van der Waals surface area contributed by atoms with Crippen LogP contribution in [0.5, 0.6) is 0 Å². The second kappa shape index (κ2) is 9.43. The van der Waals surface area contributed by atoms with Gasteiger partial charge >= 0.3 is 35.8 Å². The Labute approximate surface area is 229 Å². The van der Waals surface area contributed by atoms with Crippen LogP contribution in [-0.2, 0) is 28.8 Å². The number of rotatable bonds is 6. The molecule has 7 N–H and O–H groups in total. The average Bonchev–Trinajstić information content (AvgIpc) is 3.65. The minimum atomic E-state index is -3.13. The number of carboxylic acid groups (broad SMARTS) is 6. The highest BCUT2D eigenvalue weighted by Gasteiger charge is 2.75. The van der Waals surface area contributed by atoms with Gasteiger partial charge in [0.25, 0.3) is 0 Å². The molecule has 0 spiro atoms. The normalized spacial score (nSPS) is 30.1. The lowest BCUT2D eigenvalue weighted by Gasteiger charge is -2.39. The Morgan fingerprint density at radius 3 is 1.95 bits per heavy atom. The fourth-order valence-electron chi connectivity index (χ4n) is 6.78. The second-order valence-electron chi connectivity index (χ2n) is 10.4. The molecule has 0 saturated carbocycles. The standard InChI is InChI=1S/C25H24N4O12/c30-18(31)15-8-1-2-10(26-8)16(19(32)33)12-5-6-14(28-12)25(23(40)41)24(21(36)37,22(38)39)7-13(29-25)17(20(34)35)11-4-3-9(15)27-11/h13-14,16,29H,1-7H2,(H,30,31)(H,32,33)(H,34,35)(H,36,37)(H,38,39)(H,40,41). The third-order valence-electron chi connectivity index (χ3n) is 8.51. The van der Waals surface area contributed by atoms with Crippen molar-refractivity contribution < 1.29 is 59.4 Å². The molecule has 16 nitrogen and oxygen atoms in total. The van der Waals surface area contributed by atoms with Crippen molar-refractivity contribution in [2.45, 2.75) is 62.6 Å². The molecule has 5 aliphatic rings. The predicted octanol–water partition coefficient (Wildman–Crippen LogP) is -0.208. The average molecular weight is 572 g/mol. The van der Waals surface area contributed by atoms with Crippen molar-refractivity contribution in [2.24, 2.45) is 26.3 Å².